The Morgan fingerprint density at radius 2 is 2.00 bits per heavy atom. The molecule has 9 heteroatoms. The number of ketones is 1. The third-order valence-corrected chi connectivity index (χ3v) is 6.50. The number of hydrogen-bond acceptors (Lipinski definition) is 6. The SMILES string of the molecule is COc1cc(Br)cc(S(=O)(=O)NC(=O)COc2ccc(C)c3c2C(=O)CC3C)c1. The Hall–Kier alpha value is -2.39. The van der Waals surface area contributed by atoms with E-state index < -0.39 is 22.5 Å². The minimum absolute atomic E-state index is 0.0412. The number of sulfonamides is 1. The Morgan fingerprint density at radius 3 is 2.69 bits per heavy atom. The van der Waals surface area contributed by atoms with Gasteiger partial charge in [-0.25, -0.2) is 13.1 Å². The number of methoxy groups -OCH3 is 1. The van der Waals surface area contributed by atoms with E-state index in [-0.39, 0.29) is 22.3 Å². The molecule has 1 unspecified atom stereocenters. The van der Waals surface area contributed by atoms with Crippen molar-refractivity contribution in [3.05, 3.63) is 51.5 Å². The molecule has 0 radical (unpaired) electrons. The lowest BCUT2D eigenvalue weighted by molar-refractivity contribution is -0.121. The predicted octanol–water partition coefficient (Wildman–Crippen LogP) is 3.34. The number of carbonyl (C=O) groups is 2. The number of aryl methyl sites for hydroxylation is 1. The van der Waals surface area contributed by atoms with Gasteiger partial charge in [0, 0.05) is 17.0 Å². The van der Waals surface area contributed by atoms with Gasteiger partial charge in [0.25, 0.3) is 15.9 Å². The first-order valence-electron chi connectivity index (χ1n) is 8.82. The summed E-state index contributed by atoms with van der Waals surface area (Å²) >= 11 is 3.20. The molecule has 0 saturated carbocycles. The summed E-state index contributed by atoms with van der Waals surface area (Å²) in [6.07, 6.45) is 0.391. The van der Waals surface area contributed by atoms with Gasteiger partial charge in [0.2, 0.25) is 0 Å². The molecule has 1 aliphatic carbocycles. The fourth-order valence-electron chi connectivity index (χ4n) is 3.42. The zero-order chi connectivity index (χ0) is 21.3. The van der Waals surface area contributed by atoms with E-state index in [9.17, 15) is 18.0 Å². The van der Waals surface area contributed by atoms with E-state index in [0.29, 0.717) is 22.2 Å². The van der Waals surface area contributed by atoms with Gasteiger partial charge in [-0.1, -0.05) is 28.9 Å². The van der Waals surface area contributed by atoms with Crippen LogP contribution in [0.3, 0.4) is 0 Å². The number of nitrogens with one attached hydrogen (secondary N) is 1. The highest BCUT2D eigenvalue weighted by Gasteiger charge is 2.31. The highest BCUT2D eigenvalue weighted by molar-refractivity contribution is 9.10. The molecule has 29 heavy (non-hydrogen) atoms. The van der Waals surface area contributed by atoms with Crippen molar-refractivity contribution < 1.29 is 27.5 Å². The van der Waals surface area contributed by atoms with Gasteiger partial charge in [-0.15, -0.1) is 0 Å². The molecule has 7 nitrogen and oxygen atoms in total. The summed E-state index contributed by atoms with van der Waals surface area (Å²) in [5, 5.41) is 0. The van der Waals surface area contributed by atoms with Gasteiger partial charge in [-0.05, 0) is 42.2 Å². The predicted molar refractivity (Wildman–Crippen MR) is 110 cm³/mol. The minimum Gasteiger partial charge on any atom is -0.497 e. The van der Waals surface area contributed by atoms with Gasteiger partial charge in [0.1, 0.15) is 11.5 Å². The average Bonchev–Trinajstić information content (AvgIpc) is 2.95. The first kappa shape index (κ1) is 21.3. The summed E-state index contributed by atoms with van der Waals surface area (Å²) in [6, 6.07) is 7.71. The number of fused-ring (bicyclic) bond motifs is 1. The highest BCUT2D eigenvalue weighted by Crippen LogP contribution is 2.40. The summed E-state index contributed by atoms with van der Waals surface area (Å²) < 4.78 is 38.0. The molecule has 0 saturated heterocycles. The summed E-state index contributed by atoms with van der Waals surface area (Å²) in [5.41, 5.74) is 2.38. The first-order valence-corrected chi connectivity index (χ1v) is 11.1. The largest absolute Gasteiger partial charge is 0.497 e. The number of hydrogen-bond donors (Lipinski definition) is 1. The van der Waals surface area contributed by atoms with Crippen LogP contribution in [0.4, 0.5) is 0 Å². The maximum Gasteiger partial charge on any atom is 0.271 e. The van der Waals surface area contributed by atoms with E-state index >= 15 is 0 Å². The van der Waals surface area contributed by atoms with Gasteiger partial charge in [-0.3, -0.25) is 9.59 Å². The summed E-state index contributed by atoms with van der Waals surface area (Å²) in [5.74, 6) is -0.193. The van der Waals surface area contributed by atoms with Gasteiger partial charge < -0.3 is 9.47 Å². The van der Waals surface area contributed by atoms with Crippen LogP contribution in [0, 0.1) is 6.92 Å². The van der Waals surface area contributed by atoms with Crippen LogP contribution in [-0.2, 0) is 14.8 Å². The number of carbonyl (C=O) groups excluding carboxylic acids is 2. The van der Waals surface area contributed by atoms with Crippen molar-refractivity contribution in [1.29, 1.82) is 0 Å². The quantitative estimate of drug-likeness (QED) is 0.678. The van der Waals surface area contributed by atoms with Crippen LogP contribution < -0.4 is 14.2 Å². The molecule has 0 spiro atoms. The van der Waals surface area contributed by atoms with E-state index in [1.807, 2.05) is 24.6 Å². The molecule has 0 heterocycles. The van der Waals surface area contributed by atoms with Crippen LogP contribution in [-0.4, -0.2) is 33.8 Å². The highest BCUT2D eigenvalue weighted by atomic mass is 79.9. The van der Waals surface area contributed by atoms with Crippen LogP contribution in [0.2, 0.25) is 0 Å². The summed E-state index contributed by atoms with van der Waals surface area (Å²) in [6.45, 7) is 3.34. The van der Waals surface area contributed by atoms with Gasteiger partial charge in [0.15, 0.2) is 12.4 Å². The Balaban J connectivity index is 1.74. The number of amides is 1. The molecule has 2 aromatic carbocycles. The third-order valence-electron chi connectivity index (χ3n) is 4.69. The van der Waals surface area contributed by atoms with Crippen molar-refractivity contribution in [2.45, 2.75) is 31.1 Å². The molecule has 1 atom stereocenters. The number of ether oxygens (including phenoxy) is 2. The lowest BCUT2D eigenvalue weighted by Gasteiger charge is -2.13. The third kappa shape index (κ3) is 4.45. The second-order valence-corrected chi connectivity index (χ2v) is 9.44. The molecule has 1 amide bonds. The second kappa shape index (κ2) is 8.16. The zero-order valence-corrected chi connectivity index (χ0v) is 18.5. The van der Waals surface area contributed by atoms with Crippen molar-refractivity contribution >= 4 is 37.6 Å². The molecular weight excluding hydrogens is 462 g/mol. The molecule has 0 aromatic heterocycles. The van der Waals surface area contributed by atoms with E-state index in [0.717, 1.165) is 11.1 Å². The van der Waals surface area contributed by atoms with Crippen LogP contribution >= 0.6 is 15.9 Å². The molecule has 3 rings (SSSR count). The standard InChI is InChI=1S/C20H20BrNO6S/c1-11-4-5-17(20-16(23)6-12(2)19(11)20)28-10-18(24)22-29(25,26)15-8-13(21)7-14(9-15)27-3/h4-5,7-9,12H,6,10H2,1-3H3,(H,22,24). The van der Waals surface area contributed by atoms with Crippen LogP contribution in [0.5, 0.6) is 11.5 Å². The number of halogens is 1. The van der Waals surface area contributed by atoms with Crippen molar-refractivity contribution in [3.8, 4) is 11.5 Å². The minimum atomic E-state index is -4.11. The van der Waals surface area contributed by atoms with Gasteiger partial charge in [-0.2, -0.15) is 0 Å². The van der Waals surface area contributed by atoms with E-state index in [1.54, 1.807) is 12.1 Å². The van der Waals surface area contributed by atoms with E-state index in [1.165, 1.54) is 19.2 Å². The molecule has 0 aliphatic heterocycles. The Kier molecular flexibility index (Phi) is 6.00. The number of Topliss-reactive ketones (excluding diaryl/α,β-unsaturated/α-hetero) is 1. The molecule has 1 N–H and O–H groups in total. The zero-order valence-electron chi connectivity index (χ0n) is 16.1. The molecule has 154 valence electrons. The number of rotatable bonds is 6. The first-order chi connectivity index (χ1) is 13.6. The number of benzene rings is 2. The van der Waals surface area contributed by atoms with Crippen LogP contribution in [0.15, 0.2) is 39.7 Å². The molecule has 1 aliphatic rings. The van der Waals surface area contributed by atoms with Crippen molar-refractivity contribution in [2.24, 2.45) is 0 Å². The van der Waals surface area contributed by atoms with Crippen molar-refractivity contribution in [3.63, 3.8) is 0 Å². The molecule has 0 bridgehead atoms. The molecular formula is C20H20BrNO6S. The van der Waals surface area contributed by atoms with E-state index in [4.69, 9.17) is 9.47 Å². The fourth-order valence-corrected chi connectivity index (χ4v) is 5.07. The Morgan fingerprint density at radius 1 is 1.28 bits per heavy atom. The summed E-state index contributed by atoms with van der Waals surface area (Å²) in [4.78, 5) is 24.4. The van der Waals surface area contributed by atoms with Crippen LogP contribution in [0.25, 0.3) is 0 Å². The normalized spacial score (nSPS) is 15.7. The summed E-state index contributed by atoms with van der Waals surface area (Å²) in [7, 11) is -2.70. The smallest absolute Gasteiger partial charge is 0.271 e. The van der Waals surface area contributed by atoms with Gasteiger partial charge >= 0.3 is 0 Å². The van der Waals surface area contributed by atoms with Crippen molar-refractivity contribution in [1.82, 2.24) is 4.72 Å². The monoisotopic (exact) mass is 481 g/mol. The molecule has 0 fully saturated rings. The maximum absolute atomic E-state index is 12.5. The van der Waals surface area contributed by atoms with Gasteiger partial charge in [0.05, 0.1) is 17.6 Å². The average molecular weight is 482 g/mol. The second-order valence-electron chi connectivity index (χ2n) is 6.84. The van der Waals surface area contributed by atoms with Crippen molar-refractivity contribution in [2.75, 3.05) is 13.7 Å². The Bertz CT molecular complexity index is 1100. The lowest BCUT2D eigenvalue weighted by atomic mass is 9.97. The molecule has 2 aromatic rings. The fraction of sp³-hybridized carbons (Fsp3) is 0.300. The topological polar surface area (TPSA) is 98.8 Å². The van der Waals surface area contributed by atoms with E-state index in [2.05, 4.69) is 15.9 Å². The maximum atomic E-state index is 12.5. The Labute approximate surface area is 177 Å². The van der Waals surface area contributed by atoms with Crippen LogP contribution in [0.1, 0.15) is 40.7 Å². The lowest BCUT2D eigenvalue weighted by Crippen LogP contribution is -2.34.